The van der Waals surface area contributed by atoms with Crippen LogP contribution in [0.2, 0.25) is 0 Å². The van der Waals surface area contributed by atoms with Gasteiger partial charge in [-0.3, -0.25) is 14.5 Å². The first-order valence-electron chi connectivity index (χ1n) is 6.86. The molecule has 110 valence electrons. The fourth-order valence-electron chi connectivity index (χ4n) is 2.45. The molecule has 1 fully saturated rings. The summed E-state index contributed by atoms with van der Waals surface area (Å²) in [6.07, 6.45) is 3.50. The molecule has 1 saturated heterocycles. The number of rotatable bonds is 6. The van der Waals surface area contributed by atoms with Gasteiger partial charge in [0.15, 0.2) is 0 Å². The lowest BCUT2D eigenvalue weighted by Gasteiger charge is -2.30. The number of furan rings is 1. The van der Waals surface area contributed by atoms with E-state index < -0.39 is 5.97 Å². The summed E-state index contributed by atoms with van der Waals surface area (Å²) in [5.41, 5.74) is 0. The molecule has 2 heterocycles. The van der Waals surface area contributed by atoms with Gasteiger partial charge in [0, 0.05) is 6.42 Å². The van der Waals surface area contributed by atoms with Crippen molar-refractivity contribution in [3.05, 3.63) is 24.2 Å². The fraction of sp³-hybridized carbons (Fsp3) is 0.571. The van der Waals surface area contributed by atoms with Gasteiger partial charge in [-0.2, -0.15) is 0 Å². The van der Waals surface area contributed by atoms with Crippen LogP contribution in [0.4, 0.5) is 0 Å². The highest BCUT2D eigenvalue weighted by Crippen LogP contribution is 2.19. The first-order valence-corrected chi connectivity index (χ1v) is 6.86. The second-order valence-corrected chi connectivity index (χ2v) is 5.17. The maximum absolute atomic E-state index is 11.8. The van der Waals surface area contributed by atoms with Gasteiger partial charge in [0.1, 0.15) is 5.76 Å². The summed E-state index contributed by atoms with van der Waals surface area (Å²) < 4.78 is 5.14. The molecule has 1 aliphatic heterocycles. The predicted octanol–water partition coefficient (Wildman–Crippen LogP) is 1.08. The zero-order valence-electron chi connectivity index (χ0n) is 11.4. The summed E-state index contributed by atoms with van der Waals surface area (Å²) in [7, 11) is 0. The largest absolute Gasteiger partial charge is 0.481 e. The molecule has 6 heteroatoms. The maximum Gasteiger partial charge on any atom is 0.303 e. The first-order chi connectivity index (χ1) is 9.63. The number of amides is 1. The van der Waals surface area contributed by atoms with Gasteiger partial charge >= 0.3 is 5.97 Å². The third kappa shape index (κ3) is 4.70. The lowest BCUT2D eigenvalue weighted by Crippen LogP contribution is -2.41. The smallest absolute Gasteiger partial charge is 0.303 e. The summed E-state index contributed by atoms with van der Waals surface area (Å²) in [6, 6.07) is 3.60. The van der Waals surface area contributed by atoms with Crippen LogP contribution in [-0.2, 0) is 16.1 Å². The number of nitrogens with one attached hydrogen (secondary N) is 1. The van der Waals surface area contributed by atoms with Gasteiger partial charge < -0.3 is 14.8 Å². The Hall–Kier alpha value is -1.82. The van der Waals surface area contributed by atoms with Crippen LogP contribution < -0.4 is 5.32 Å². The van der Waals surface area contributed by atoms with Gasteiger partial charge in [-0.1, -0.05) is 0 Å². The lowest BCUT2D eigenvalue weighted by atomic mass is 9.94. The Morgan fingerprint density at radius 2 is 2.15 bits per heavy atom. The van der Waals surface area contributed by atoms with Crippen LogP contribution in [-0.4, -0.2) is 41.5 Å². The number of piperidine rings is 1. The van der Waals surface area contributed by atoms with Crippen molar-refractivity contribution in [3.63, 3.8) is 0 Å². The van der Waals surface area contributed by atoms with E-state index in [9.17, 15) is 9.59 Å². The van der Waals surface area contributed by atoms with Crippen LogP contribution in [0.25, 0.3) is 0 Å². The van der Waals surface area contributed by atoms with Gasteiger partial charge in [0.2, 0.25) is 5.91 Å². The minimum atomic E-state index is -0.736. The molecule has 1 aromatic heterocycles. The van der Waals surface area contributed by atoms with E-state index in [1.807, 2.05) is 6.07 Å². The van der Waals surface area contributed by atoms with Crippen molar-refractivity contribution < 1.29 is 19.1 Å². The molecule has 0 bridgehead atoms. The number of carbonyl (C=O) groups is 2. The van der Waals surface area contributed by atoms with Crippen LogP contribution in [0, 0.1) is 5.92 Å². The van der Waals surface area contributed by atoms with E-state index in [0.717, 1.165) is 31.7 Å². The standard InChI is InChI=1S/C14H20N2O4/c17-13(15-9-12-2-1-7-20-12)10-16-5-3-11(4-6-16)8-14(18)19/h1-2,7,11H,3-6,8-10H2,(H,15,17)(H,18,19). The van der Waals surface area contributed by atoms with Crippen molar-refractivity contribution in [1.82, 2.24) is 10.2 Å². The number of nitrogens with zero attached hydrogens (tertiary/aromatic N) is 1. The molecule has 0 atom stereocenters. The van der Waals surface area contributed by atoms with Crippen molar-refractivity contribution in [2.45, 2.75) is 25.8 Å². The molecule has 0 unspecified atom stereocenters. The molecule has 6 nitrogen and oxygen atoms in total. The number of carboxylic acid groups (broad SMARTS) is 1. The second-order valence-electron chi connectivity index (χ2n) is 5.17. The maximum atomic E-state index is 11.8. The highest BCUT2D eigenvalue weighted by Gasteiger charge is 2.22. The van der Waals surface area contributed by atoms with E-state index in [-0.39, 0.29) is 18.2 Å². The van der Waals surface area contributed by atoms with E-state index in [2.05, 4.69) is 10.2 Å². The molecule has 1 amide bonds. The van der Waals surface area contributed by atoms with Crippen molar-refractivity contribution in [2.24, 2.45) is 5.92 Å². The van der Waals surface area contributed by atoms with Crippen LogP contribution in [0.1, 0.15) is 25.0 Å². The number of likely N-dealkylation sites (tertiary alicyclic amines) is 1. The predicted molar refractivity (Wildman–Crippen MR) is 72.0 cm³/mol. The Morgan fingerprint density at radius 3 is 2.75 bits per heavy atom. The fourth-order valence-corrected chi connectivity index (χ4v) is 2.45. The van der Waals surface area contributed by atoms with E-state index in [1.165, 1.54) is 0 Å². The zero-order valence-corrected chi connectivity index (χ0v) is 11.4. The molecule has 0 spiro atoms. The average Bonchev–Trinajstić information content (AvgIpc) is 2.91. The zero-order chi connectivity index (χ0) is 14.4. The summed E-state index contributed by atoms with van der Waals surface area (Å²) in [5, 5.41) is 11.6. The van der Waals surface area contributed by atoms with Gasteiger partial charge in [-0.25, -0.2) is 0 Å². The molecule has 20 heavy (non-hydrogen) atoms. The Morgan fingerprint density at radius 1 is 1.40 bits per heavy atom. The summed E-state index contributed by atoms with van der Waals surface area (Å²) in [5.74, 6) is 0.214. The topological polar surface area (TPSA) is 82.8 Å². The van der Waals surface area contributed by atoms with Gasteiger partial charge in [-0.05, 0) is 44.0 Å². The van der Waals surface area contributed by atoms with Crippen LogP contribution >= 0.6 is 0 Å². The molecule has 0 radical (unpaired) electrons. The molecular weight excluding hydrogens is 260 g/mol. The number of carbonyl (C=O) groups excluding carboxylic acids is 1. The molecule has 0 aromatic carbocycles. The summed E-state index contributed by atoms with van der Waals surface area (Å²) in [6.45, 7) is 2.33. The Labute approximate surface area is 117 Å². The van der Waals surface area contributed by atoms with Gasteiger partial charge in [-0.15, -0.1) is 0 Å². The monoisotopic (exact) mass is 280 g/mol. The van der Waals surface area contributed by atoms with E-state index in [1.54, 1.807) is 12.3 Å². The minimum absolute atomic E-state index is 0.0296. The lowest BCUT2D eigenvalue weighted by molar-refractivity contribution is -0.138. The molecule has 2 rings (SSSR count). The Balaban J connectivity index is 1.64. The highest BCUT2D eigenvalue weighted by atomic mass is 16.4. The van der Waals surface area contributed by atoms with Crippen molar-refractivity contribution in [2.75, 3.05) is 19.6 Å². The Bertz CT molecular complexity index is 436. The van der Waals surface area contributed by atoms with Crippen LogP contribution in [0.3, 0.4) is 0 Å². The normalized spacial score (nSPS) is 17.0. The van der Waals surface area contributed by atoms with Gasteiger partial charge in [0.25, 0.3) is 0 Å². The van der Waals surface area contributed by atoms with E-state index in [0.29, 0.717) is 13.1 Å². The Kier molecular flexibility index (Phi) is 5.17. The molecule has 0 saturated carbocycles. The number of hydrogen-bond donors (Lipinski definition) is 2. The molecule has 1 aromatic rings. The van der Waals surface area contributed by atoms with Crippen LogP contribution in [0.15, 0.2) is 22.8 Å². The third-order valence-electron chi connectivity index (χ3n) is 3.58. The van der Waals surface area contributed by atoms with E-state index in [4.69, 9.17) is 9.52 Å². The van der Waals surface area contributed by atoms with Crippen molar-refractivity contribution in [3.8, 4) is 0 Å². The van der Waals surface area contributed by atoms with Crippen molar-refractivity contribution in [1.29, 1.82) is 0 Å². The third-order valence-corrected chi connectivity index (χ3v) is 3.58. The van der Waals surface area contributed by atoms with Crippen molar-refractivity contribution >= 4 is 11.9 Å². The molecule has 0 aliphatic carbocycles. The first kappa shape index (κ1) is 14.6. The minimum Gasteiger partial charge on any atom is -0.481 e. The average molecular weight is 280 g/mol. The molecule has 2 N–H and O–H groups in total. The van der Waals surface area contributed by atoms with Gasteiger partial charge in [0.05, 0.1) is 19.4 Å². The number of carboxylic acids is 1. The quantitative estimate of drug-likeness (QED) is 0.815. The summed E-state index contributed by atoms with van der Waals surface area (Å²) in [4.78, 5) is 24.5. The number of hydrogen-bond acceptors (Lipinski definition) is 4. The van der Waals surface area contributed by atoms with E-state index >= 15 is 0 Å². The molecule has 1 aliphatic rings. The SMILES string of the molecule is O=C(O)CC1CCN(CC(=O)NCc2ccco2)CC1. The summed E-state index contributed by atoms with van der Waals surface area (Å²) >= 11 is 0. The second kappa shape index (κ2) is 7.09. The number of aliphatic carboxylic acids is 1. The molecular formula is C14H20N2O4. The van der Waals surface area contributed by atoms with Crippen LogP contribution in [0.5, 0.6) is 0 Å². The highest BCUT2D eigenvalue weighted by molar-refractivity contribution is 5.77.